The Hall–Kier alpha value is -1.81. The van der Waals surface area contributed by atoms with Crippen LogP contribution in [0.4, 0.5) is 4.39 Å². The third kappa shape index (κ3) is 4.38. The van der Waals surface area contributed by atoms with Crippen LogP contribution in [0.3, 0.4) is 0 Å². The number of aryl methyl sites for hydroxylation is 1. The van der Waals surface area contributed by atoms with E-state index in [1.807, 2.05) is 26.4 Å². The number of aliphatic imine (C=N–C) groups is 1. The summed E-state index contributed by atoms with van der Waals surface area (Å²) in [7, 11) is 3.85. The van der Waals surface area contributed by atoms with Gasteiger partial charge in [0.1, 0.15) is 22.8 Å². The maximum Gasteiger partial charge on any atom is 0.137 e. The highest BCUT2D eigenvalue weighted by molar-refractivity contribution is 7.09. The SMILES string of the molecule is Cc1csc([C@@H](C#N)C=NC[C@H](c2c(F)cccc2Cl)[NH+](C)C)n1. The van der Waals surface area contributed by atoms with Gasteiger partial charge in [0, 0.05) is 17.3 Å². The van der Waals surface area contributed by atoms with Crippen molar-refractivity contribution in [1.82, 2.24) is 4.98 Å². The van der Waals surface area contributed by atoms with Gasteiger partial charge < -0.3 is 4.90 Å². The number of hydrogen-bond donors (Lipinski definition) is 1. The lowest BCUT2D eigenvalue weighted by Gasteiger charge is -2.21. The molecule has 0 spiro atoms. The molecule has 7 heteroatoms. The number of halogens is 2. The maximum atomic E-state index is 14.2. The van der Waals surface area contributed by atoms with Crippen LogP contribution in [0.25, 0.3) is 0 Å². The van der Waals surface area contributed by atoms with Gasteiger partial charge in [-0.05, 0) is 19.1 Å². The molecule has 1 N–H and O–H groups in total. The van der Waals surface area contributed by atoms with Crippen molar-refractivity contribution < 1.29 is 9.29 Å². The van der Waals surface area contributed by atoms with Crippen molar-refractivity contribution in [3.63, 3.8) is 0 Å². The van der Waals surface area contributed by atoms with Crippen molar-refractivity contribution in [2.45, 2.75) is 18.9 Å². The zero-order chi connectivity index (χ0) is 17.7. The summed E-state index contributed by atoms with van der Waals surface area (Å²) >= 11 is 7.61. The molecule has 0 aliphatic heterocycles. The lowest BCUT2D eigenvalue weighted by Crippen LogP contribution is -3.06. The van der Waals surface area contributed by atoms with E-state index in [1.54, 1.807) is 18.3 Å². The van der Waals surface area contributed by atoms with E-state index in [-0.39, 0.29) is 11.9 Å². The summed E-state index contributed by atoms with van der Waals surface area (Å²) in [6, 6.07) is 6.62. The van der Waals surface area contributed by atoms with E-state index >= 15 is 0 Å². The zero-order valence-corrected chi connectivity index (χ0v) is 15.3. The van der Waals surface area contributed by atoms with Crippen LogP contribution in [0.5, 0.6) is 0 Å². The highest BCUT2D eigenvalue weighted by Gasteiger charge is 2.24. The molecule has 0 saturated carbocycles. The molecular formula is C17H19ClFN4S+. The molecule has 2 rings (SSSR count). The Balaban J connectivity index is 2.18. The first-order valence-electron chi connectivity index (χ1n) is 7.49. The highest BCUT2D eigenvalue weighted by atomic mass is 35.5. The molecule has 0 unspecified atom stereocenters. The molecule has 1 aromatic heterocycles. The molecule has 0 aliphatic rings. The van der Waals surface area contributed by atoms with Crippen LogP contribution in [-0.2, 0) is 0 Å². The van der Waals surface area contributed by atoms with Gasteiger partial charge in [-0.3, -0.25) is 4.99 Å². The number of benzene rings is 1. The van der Waals surface area contributed by atoms with Gasteiger partial charge >= 0.3 is 0 Å². The number of thiazole rings is 1. The first-order valence-corrected chi connectivity index (χ1v) is 8.75. The third-order valence-corrected chi connectivity index (χ3v) is 5.00. The van der Waals surface area contributed by atoms with Crippen molar-refractivity contribution in [3.8, 4) is 6.07 Å². The molecule has 0 aliphatic carbocycles. The second-order valence-electron chi connectivity index (χ2n) is 5.71. The van der Waals surface area contributed by atoms with Gasteiger partial charge in [-0.1, -0.05) is 17.7 Å². The summed E-state index contributed by atoms with van der Waals surface area (Å²) in [6.07, 6.45) is 1.59. The molecule has 0 radical (unpaired) electrons. The van der Waals surface area contributed by atoms with E-state index in [1.165, 1.54) is 17.4 Å². The van der Waals surface area contributed by atoms with E-state index in [9.17, 15) is 9.65 Å². The molecule has 24 heavy (non-hydrogen) atoms. The van der Waals surface area contributed by atoms with E-state index in [2.05, 4.69) is 16.0 Å². The number of likely N-dealkylation sites (N-methyl/N-ethyl adjacent to an activating group) is 1. The van der Waals surface area contributed by atoms with Crippen LogP contribution >= 0.6 is 22.9 Å². The first kappa shape index (κ1) is 18.5. The Kier molecular flexibility index (Phi) is 6.44. The number of nitriles is 1. The van der Waals surface area contributed by atoms with Gasteiger partial charge in [-0.15, -0.1) is 11.3 Å². The lowest BCUT2D eigenvalue weighted by atomic mass is 10.1. The topological polar surface area (TPSA) is 53.5 Å². The van der Waals surface area contributed by atoms with Crippen LogP contribution in [0.1, 0.15) is 28.2 Å². The van der Waals surface area contributed by atoms with E-state index < -0.39 is 5.92 Å². The third-order valence-electron chi connectivity index (χ3n) is 3.63. The molecule has 126 valence electrons. The minimum Gasteiger partial charge on any atom is -0.332 e. The highest BCUT2D eigenvalue weighted by Crippen LogP contribution is 2.24. The van der Waals surface area contributed by atoms with Crippen LogP contribution in [0, 0.1) is 24.1 Å². The van der Waals surface area contributed by atoms with Crippen LogP contribution in [0.2, 0.25) is 5.02 Å². The average molecular weight is 366 g/mol. The van der Waals surface area contributed by atoms with E-state index in [4.69, 9.17) is 11.6 Å². The number of rotatable bonds is 6. The Morgan fingerprint density at radius 1 is 1.50 bits per heavy atom. The summed E-state index contributed by atoms with van der Waals surface area (Å²) in [4.78, 5) is 9.71. The molecule has 0 saturated heterocycles. The molecule has 2 aromatic rings. The molecular weight excluding hydrogens is 347 g/mol. The Morgan fingerprint density at radius 3 is 2.79 bits per heavy atom. The molecule has 0 amide bonds. The normalized spacial score (nSPS) is 14.0. The number of aromatic nitrogens is 1. The number of nitrogens with one attached hydrogen (secondary N) is 1. The minimum atomic E-state index is -0.488. The van der Waals surface area contributed by atoms with Crippen molar-refractivity contribution >= 4 is 29.2 Å². The van der Waals surface area contributed by atoms with Gasteiger partial charge in [-0.2, -0.15) is 5.26 Å². The predicted octanol–water partition coefficient (Wildman–Crippen LogP) is 2.81. The molecule has 2 atom stereocenters. The fourth-order valence-corrected chi connectivity index (χ4v) is 3.44. The molecule has 1 heterocycles. The van der Waals surface area contributed by atoms with Crippen LogP contribution < -0.4 is 4.90 Å². The number of hydrogen-bond acceptors (Lipinski definition) is 4. The van der Waals surface area contributed by atoms with Gasteiger partial charge in [0.25, 0.3) is 0 Å². The first-order chi connectivity index (χ1) is 11.4. The monoisotopic (exact) mass is 365 g/mol. The average Bonchev–Trinajstić information content (AvgIpc) is 2.95. The Bertz CT molecular complexity index is 746. The standard InChI is InChI=1S/C17H18ClFN4S/c1-11-10-24-17(22-11)12(7-20)8-21-9-15(23(2)3)16-13(18)5-4-6-14(16)19/h4-6,8,10,12,15H,9H2,1-3H3/p+1/t12-,15+/m0/s1. The summed E-state index contributed by atoms with van der Waals surface area (Å²) < 4.78 is 14.2. The van der Waals surface area contributed by atoms with Crippen molar-refractivity contribution in [1.29, 1.82) is 5.26 Å². The fraction of sp³-hybridized carbons (Fsp3) is 0.353. The van der Waals surface area contributed by atoms with Crippen molar-refractivity contribution in [3.05, 3.63) is 50.7 Å². The lowest BCUT2D eigenvalue weighted by molar-refractivity contribution is -0.890. The molecule has 1 aromatic carbocycles. The predicted molar refractivity (Wildman–Crippen MR) is 95.5 cm³/mol. The van der Waals surface area contributed by atoms with E-state index in [0.717, 1.165) is 15.6 Å². The van der Waals surface area contributed by atoms with Gasteiger partial charge in [0.2, 0.25) is 0 Å². The number of nitrogens with zero attached hydrogens (tertiary/aromatic N) is 3. The van der Waals surface area contributed by atoms with Gasteiger partial charge in [-0.25, -0.2) is 9.37 Å². The van der Waals surface area contributed by atoms with Crippen molar-refractivity contribution in [2.75, 3.05) is 20.6 Å². The van der Waals surface area contributed by atoms with Crippen LogP contribution in [0.15, 0.2) is 28.6 Å². The zero-order valence-electron chi connectivity index (χ0n) is 13.8. The second-order valence-corrected chi connectivity index (χ2v) is 7.01. The summed E-state index contributed by atoms with van der Waals surface area (Å²) in [5, 5.41) is 12.3. The van der Waals surface area contributed by atoms with Crippen molar-refractivity contribution in [2.24, 2.45) is 4.99 Å². The Labute approximate surface area is 150 Å². The quantitative estimate of drug-likeness (QED) is 0.800. The smallest absolute Gasteiger partial charge is 0.137 e. The van der Waals surface area contributed by atoms with E-state index in [0.29, 0.717) is 17.1 Å². The minimum absolute atomic E-state index is 0.229. The largest absolute Gasteiger partial charge is 0.332 e. The maximum absolute atomic E-state index is 14.2. The van der Waals surface area contributed by atoms with Gasteiger partial charge in [0.05, 0.1) is 37.3 Å². The molecule has 4 nitrogen and oxygen atoms in total. The molecule has 0 fully saturated rings. The summed E-state index contributed by atoms with van der Waals surface area (Å²) in [5.74, 6) is -0.825. The summed E-state index contributed by atoms with van der Waals surface area (Å²) in [6.45, 7) is 2.22. The Morgan fingerprint density at radius 2 is 2.25 bits per heavy atom. The summed E-state index contributed by atoms with van der Waals surface area (Å²) in [5.41, 5.74) is 1.34. The molecule has 0 bridgehead atoms. The second kappa shape index (κ2) is 8.34. The van der Waals surface area contributed by atoms with Crippen LogP contribution in [-0.4, -0.2) is 31.8 Å². The van der Waals surface area contributed by atoms with Gasteiger partial charge in [0.15, 0.2) is 0 Å². The fourth-order valence-electron chi connectivity index (χ4n) is 2.35. The number of quaternary nitrogens is 1.